The molecule has 2 rings (SSSR count). The molecule has 1 unspecified atom stereocenters. The van der Waals surface area contributed by atoms with Crippen LogP contribution in [0.2, 0.25) is 0 Å². The lowest BCUT2D eigenvalue weighted by atomic mass is 9.85. The van der Waals surface area contributed by atoms with Crippen molar-refractivity contribution in [2.75, 3.05) is 26.2 Å². The van der Waals surface area contributed by atoms with E-state index in [4.69, 9.17) is 5.73 Å². The van der Waals surface area contributed by atoms with E-state index in [2.05, 4.69) is 30.4 Å². The van der Waals surface area contributed by atoms with Crippen LogP contribution in [0.1, 0.15) is 56.7 Å². The molecule has 7 heteroatoms. The molecule has 0 bridgehead atoms. The predicted molar refractivity (Wildman–Crippen MR) is 113 cm³/mol. The summed E-state index contributed by atoms with van der Waals surface area (Å²) in [6.07, 6.45) is 2.50. The summed E-state index contributed by atoms with van der Waals surface area (Å²) >= 11 is 0. The first-order valence-electron chi connectivity index (χ1n) is 10.0. The number of nitrogens with one attached hydrogen (secondary N) is 1. The summed E-state index contributed by atoms with van der Waals surface area (Å²) in [5, 5.41) is 0. The number of amides is 1. The van der Waals surface area contributed by atoms with Crippen molar-refractivity contribution < 1.29 is 13.2 Å². The molecule has 1 atom stereocenters. The van der Waals surface area contributed by atoms with E-state index in [1.54, 1.807) is 0 Å². The molecule has 6 nitrogen and oxygen atoms in total. The normalized spacial score (nSPS) is 19.0. The topological polar surface area (TPSA) is 92.5 Å². The van der Waals surface area contributed by atoms with E-state index in [9.17, 15) is 13.2 Å². The van der Waals surface area contributed by atoms with Crippen LogP contribution in [0.25, 0.3) is 0 Å². The second-order valence-corrected chi connectivity index (χ2v) is 10.7. The molecule has 1 saturated heterocycles. The summed E-state index contributed by atoms with van der Waals surface area (Å²) in [6.45, 7) is 12.8. The Kier molecular flexibility index (Phi) is 7.28. The molecule has 1 aromatic carbocycles. The van der Waals surface area contributed by atoms with Gasteiger partial charge < -0.3 is 10.6 Å². The van der Waals surface area contributed by atoms with E-state index in [1.807, 2.05) is 26.0 Å². The van der Waals surface area contributed by atoms with Crippen molar-refractivity contribution in [3.63, 3.8) is 0 Å². The Bertz CT molecular complexity index is 790. The van der Waals surface area contributed by atoms with E-state index in [0.717, 1.165) is 42.6 Å². The Morgan fingerprint density at radius 2 is 1.86 bits per heavy atom. The third-order valence-corrected chi connectivity index (χ3v) is 7.21. The van der Waals surface area contributed by atoms with Crippen molar-refractivity contribution in [2.45, 2.75) is 64.2 Å². The van der Waals surface area contributed by atoms with Crippen molar-refractivity contribution in [1.82, 2.24) is 9.62 Å². The number of hydrogen-bond donors (Lipinski definition) is 2. The van der Waals surface area contributed by atoms with E-state index in [0.29, 0.717) is 24.4 Å². The molecule has 1 fully saturated rings. The highest BCUT2D eigenvalue weighted by atomic mass is 32.2. The minimum absolute atomic E-state index is 0.0253. The standard InChI is InChI=1S/C21H35N3O3S/c1-15-12-18(21(3,4)5)13-16(2)19(15)28(26,27)23-9-7-11-24-10-6-8-17(14-24)20(22)25/h12-13,17,23H,6-11,14H2,1-5H3,(H2,22,25). The first-order valence-corrected chi connectivity index (χ1v) is 11.5. The van der Waals surface area contributed by atoms with Crippen LogP contribution in [-0.4, -0.2) is 45.4 Å². The van der Waals surface area contributed by atoms with Gasteiger partial charge in [-0.15, -0.1) is 0 Å². The number of primary amides is 1. The lowest BCUT2D eigenvalue weighted by Gasteiger charge is -2.31. The van der Waals surface area contributed by atoms with E-state index >= 15 is 0 Å². The number of carbonyl (C=O) groups is 1. The van der Waals surface area contributed by atoms with Crippen LogP contribution in [0.5, 0.6) is 0 Å². The minimum Gasteiger partial charge on any atom is -0.369 e. The molecule has 1 amide bonds. The lowest BCUT2D eigenvalue weighted by Crippen LogP contribution is -2.42. The molecule has 0 aromatic heterocycles. The maximum absolute atomic E-state index is 12.8. The average molecular weight is 410 g/mol. The molecule has 0 saturated carbocycles. The summed E-state index contributed by atoms with van der Waals surface area (Å²) in [5.41, 5.74) is 8.07. The Morgan fingerprint density at radius 3 is 2.39 bits per heavy atom. The van der Waals surface area contributed by atoms with Crippen molar-refractivity contribution >= 4 is 15.9 Å². The maximum atomic E-state index is 12.8. The number of nitrogens with two attached hydrogens (primary N) is 1. The summed E-state index contributed by atoms with van der Waals surface area (Å²) < 4.78 is 28.4. The van der Waals surface area contributed by atoms with Gasteiger partial charge in [0, 0.05) is 13.1 Å². The number of aryl methyl sites for hydroxylation is 2. The average Bonchev–Trinajstić information content (AvgIpc) is 2.57. The number of sulfonamides is 1. The number of nitrogens with zero attached hydrogens (tertiary/aromatic N) is 1. The third kappa shape index (κ3) is 5.78. The van der Waals surface area contributed by atoms with Crippen molar-refractivity contribution in [1.29, 1.82) is 0 Å². The number of likely N-dealkylation sites (tertiary alicyclic amines) is 1. The molecule has 0 radical (unpaired) electrons. The second-order valence-electron chi connectivity index (χ2n) is 8.98. The molecule has 1 aliphatic rings. The van der Waals surface area contributed by atoms with Crippen LogP contribution in [0.3, 0.4) is 0 Å². The Balaban J connectivity index is 1.96. The molecule has 158 valence electrons. The highest BCUT2D eigenvalue weighted by molar-refractivity contribution is 7.89. The van der Waals surface area contributed by atoms with Crippen molar-refractivity contribution in [3.05, 3.63) is 28.8 Å². The number of hydrogen-bond acceptors (Lipinski definition) is 4. The Morgan fingerprint density at radius 1 is 1.25 bits per heavy atom. The summed E-state index contributed by atoms with van der Waals surface area (Å²) in [7, 11) is -3.55. The Hall–Kier alpha value is -1.44. The lowest BCUT2D eigenvalue weighted by molar-refractivity contribution is -0.123. The molecule has 28 heavy (non-hydrogen) atoms. The van der Waals surface area contributed by atoms with Crippen LogP contribution in [0.4, 0.5) is 0 Å². The van der Waals surface area contributed by atoms with Crippen LogP contribution < -0.4 is 10.5 Å². The number of piperidine rings is 1. The summed E-state index contributed by atoms with van der Waals surface area (Å²) in [4.78, 5) is 13.9. The molecule has 3 N–H and O–H groups in total. The molecule has 1 aliphatic heterocycles. The van der Waals surface area contributed by atoms with Crippen LogP contribution in [0.15, 0.2) is 17.0 Å². The zero-order chi connectivity index (χ0) is 21.1. The number of carbonyl (C=O) groups excluding carboxylic acids is 1. The third-order valence-electron chi connectivity index (χ3n) is 5.45. The summed E-state index contributed by atoms with van der Waals surface area (Å²) in [5.74, 6) is -0.327. The van der Waals surface area contributed by atoms with Gasteiger partial charge in [0.2, 0.25) is 15.9 Å². The van der Waals surface area contributed by atoms with Gasteiger partial charge >= 0.3 is 0 Å². The number of benzene rings is 1. The van der Waals surface area contributed by atoms with Crippen LogP contribution in [-0.2, 0) is 20.2 Å². The van der Waals surface area contributed by atoms with E-state index in [1.165, 1.54) is 0 Å². The molecule has 1 heterocycles. The van der Waals surface area contributed by atoms with Gasteiger partial charge in [0.1, 0.15) is 0 Å². The van der Waals surface area contributed by atoms with Gasteiger partial charge in [-0.2, -0.15) is 0 Å². The fourth-order valence-electron chi connectivity index (χ4n) is 3.88. The van der Waals surface area contributed by atoms with Gasteiger partial charge in [-0.1, -0.05) is 32.9 Å². The zero-order valence-electron chi connectivity index (χ0n) is 17.8. The van der Waals surface area contributed by atoms with Crippen molar-refractivity contribution in [2.24, 2.45) is 11.7 Å². The summed E-state index contributed by atoms with van der Waals surface area (Å²) in [6, 6.07) is 3.94. The molecular weight excluding hydrogens is 374 g/mol. The molecule has 1 aromatic rings. The highest BCUT2D eigenvalue weighted by Gasteiger charge is 2.25. The maximum Gasteiger partial charge on any atom is 0.241 e. The van der Waals surface area contributed by atoms with Crippen LogP contribution in [0, 0.1) is 19.8 Å². The number of rotatable bonds is 7. The van der Waals surface area contributed by atoms with Gasteiger partial charge in [0.15, 0.2) is 0 Å². The largest absolute Gasteiger partial charge is 0.369 e. The van der Waals surface area contributed by atoms with Crippen molar-refractivity contribution in [3.8, 4) is 0 Å². The molecular formula is C21H35N3O3S. The minimum atomic E-state index is -3.55. The first kappa shape index (κ1) is 22.8. The zero-order valence-corrected chi connectivity index (χ0v) is 18.7. The highest BCUT2D eigenvalue weighted by Crippen LogP contribution is 2.29. The second kappa shape index (κ2) is 8.93. The predicted octanol–water partition coefficient (Wildman–Crippen LogP) is 2.47. The van der Waals surface area contributed by atoms with Gasteiger partial charge in [-0.25, -0.2) is 13.1 Å². The van der Waals surface area contributed by atoms with Crippen LogP contribution >= 0.6 is 0 Å². The van der Waals surface area contributed by atoms with Gasteiger partial charge in [-0.3, -0.25) is 4.79 Å². The molecule has 0 aliphatic carbocycles. The fourth-order valence-corrected chi connectivity index (χ4v) is 5.40. The Labute approximate surface area is 169 Å². The smallest absolute Gasteiger partial charge is 0.241 e. The van der Waals surface area contributed by atoms with E-state index < -0.39 is 10.0 Å². The monoisotopic (exact) mass is 409 g/mol. The van der Waals surface area contributed by atoms with Gasteiger partial charge in [0.25, 0.3) is 0 Å². The van der Waals surface area contributed by atoms with E-state index in [-0.39, 0.29) is 17.2 Å². The van der Waals surface area contributed by atoms with Gasteiger partial charge in [-0.05, 0) is 68.3 Å². The fraction of sp³-hybridized carbons (Fsp3) is 0.667. The first-order chi connectivity index (χ1) is 12.9. The quantitative estimate of drug-likeness (QED) is 0.677. The SMILES string of the molecule is Cc1cc(C(C)(C)C)cc(C)c1S(=O)(=O)NCCCN1CCCC(C(N)=O)C1. The molecule has 0 spiro atoms. The van der Waals surface area contributed by atoms with Gasteiger partial charge in [0.05, 0.1) is 10.8 Å².